The molecule has 0 heterocycles. The van der Waals surface area contributed by atoms with E-state index in [1.54, 1.807) is 48.7 Å². The Hall–Kier alpha value is -1.34. The lowest BCUT2D eigenvalue weighted by atomic mass is 9.87. The maximum Gasteiger partial charge on any atom is 0.413 e. The van der Waals surface area contributed by atoms with Gasteiger partial charge in [-0.05, 0) is 54.4 Å². The lowest BCUT2D eigenvalue weighted by Crippen LogP contribution is -2.61. The van der Waals surface area contributed by atoms with Gasteiger partial charge in [-0.2, -0.15) is 0 Å². The molecule has 0 spiro atoms. The zero-order valence-electron chi connectivity index (χ0n) is 15.2. The van der Waals surface area contributed by atoms with Crippen LogP contribution in [0.25, 0.3) is 0 Å². The van der Waals surface area contributed by atoms with Crippen LogP contribution < -0.4 is 5.32 Å². The number of methoxy groups -OCH3 is 1. The molecule has 0 aromatic heterocycles. The highest BCUT2D eigenvalue weighted by Crippen LogP contribution is 2.30. The van der Waals surface area contributed by atoms with E-state index >= 15 is 0 Å². The van der Waals surface area contributed by atoms with Gasteiger partial charge in [0.2, 0.25) is 6.23 Å². The molecule has 7 nitrogen and oxygen atoms in total. The predicted molar refractivity (Wildman–Crippen MR) is 85.8 cm³/mol. The van der Waals surface area contributed by atoms with Crippen molar-refractivity contribution in [3.05, 3.63) is 0 Å². The molecule has 134 valence electrons. The number of carbonyl (C=O) groups is 2. The van der Waals surface area contributed by atoms with Crippen molar-refractivity contribution in [3.8, 4) is 0 Å². The van der Waals surface area contributed by atoms with Gasteiger partial charge in [-0.25, -0.2) is 4.79 Å². The van der Waals surface area contributed by atoms with Gasteiger partial charge in [0.25, 0.3) is 5.91 Å². The van der Waals surface area contributed by atoms with Crippen LogP contribution in [0.1, 0.15) is 54.4 Å². The molecule has 0 saturated heterocycles. The van der Waals surface area contributed by atoms with Crippen molar-refractivity contribution in [1.29, 1.82) is 0 Å². The maximum absolute atomic E-state index is 12.4. The molecular formula is C16H30N2O5. The fourth-order valence-electron chi connectivity index (χ4n) is 2.28. The summed E-state index contributed by atoms with van der Waals surface area (Å²) in [7, 11) is 1.60. The first-order chi connectivity index (χ1) is 10.3. The van der Waals surface area contributed by atoms with E-state index in [0.717, 1.165) is 4.90 Å². The molecular weight excluding hydrogens is 300 g/mol. The molecule has 1 atom stereocenters. The third-order valence-corrected chi connectivity index (χ3v) is 3.40. The molecule has 1 aliphatic rings. The second kappa shape index (κ2) is 7.05. The van der Waals surface area contributed by atoms with Crippen LogP contribution in [0.5, 0.6) is 0 Å². The largest absolute Gasteiger partial charge is 0.444 e. The van der Waals surface area contributed by atoms with Crippen LogP contribution in [-0.4, -0.2) is 58.6 Å². The van der Waals surface area contributed by atoms with Gasteiger partial charge in [-0.1, -0.05) is 0 Å². The molecule has 1 unspecified atom stereocenters. The van der Waals surface area contributed by atoms with E-state index < -0.39 is 29.4 Å². The molecule has 2 N–H and O–H groups in total. The number of aliphatic hydroxyl groups is 1. The molecule has 7 heteroatoms. The molecule has 0 bridgehead atoms. The molecule has 0 aromatic carbocycles. The highest BCUT2D eigenvalue weighted by Gasteiger charge is 2.43. The lowest BCUT2D eigenvalue weighted by molar-refractivity contribution is -0.148. The number of hydrogen-bond donors (Lipinski definition) is 2. The minimum atomic E-state index is -1.59. The van der Waals surface area contributed by atoms with Gasteiger partial charge in [-0.15, -0.1) is 0 Å². The van der Waals surface area contributed by atoms with Gasteiger partial charge in [0.05, 0.1) is 6.10 Å². The van der Waals surface area contributed by atoms with Gasteiger partial charge < -0.3 is 19.9 Å². The van der Waals surface area contributed by atoms with Crippen molar-refractivity contribution in [2.45, 2.75) is 83.9 Å². The quantitative estimate of drug-likeness (QED) is 0.765. The first-order valence-electron chi connectivity index (χ1n) is 7.88. The van der Waals surface area contributed by atoms with Crippen molar-refractivity contribution >= 4 is 12.0 Å². The Morgan fingerprint density at radius 2 is 1.70 bits per heavy atom. The first-order valence-corrected chi connectivity index (χ1v) is 7.88. The summed E-state index contributed by atoms with van der Waals surface area (Å²) >= 11 is 0. The molecule has 1 rings (SSSR count). The fraction of sp³-hybridized carbons (Fsp3) is 0.875. The summed E-state index contributed by atoms with van der Waals surface area (Å²) in [5.74, 6) is -0.621. The van der Waals surface area contributed by atoms with Gasteiger partial charge in [-0.3, -0.25) is 9.69 Å². The van der Waals surface area contributed by atoms with E-state index in [1.165, 1.54) is 0 Å². The zero-order valence-corrected chi connectivity index (χ0v) is 15.2. The smallest absolute Gasteiger partial charge is 0.413 e. The van der Waals surface area contributed by atoms with E-state index in [-0.39, 0.29) is 12.1 Å². The number of carbonyl (C=O) groups excluding carboxylic acids is 2. The fourth-order valence-corrected chi connectivity index (χ4v) is 2.28. The van der Waals surface area contributed by atoms with Crippen LogP contribution in [0.4, 0.5) is 4.79 Å². The Morgan fingerprint density at radius 1 is 1.17 bits per heavy atom. The lowest BCUT2D eigenvalue weighted by Gasteiger charge is -2.44. The first kappa shape index (κ1) is 19.7. The Morgan fingerprint density at radius 3 is 2.09 bits per heavy atom. The molecule has 2 amide bonds. The molecule has 1 aliphatic carbocycles. The Balaban J connectivity index is 2.86. The van der Waals surface area contributed by atoms with Crippen LogP contribution in [0.2, 0.25) is 0 Å². The van der Waals surface area contributed by atoms with Crippen molar-refractivity contribution in [2.75, 3.05) is 7.11 Å². The summed E-state index contributed by atoms with van der Waals surface area (Å²) in [5.41, 5.74) is -1.22. The van der Waals surface area contributed by atoms with Gasteiger partial charge in [0, 0.05) is 18.7 Å². The summed E-state index contributed by atoms with van der Waals surface area (Å²) in [6.07, 6.45) is -1.13. The van der Waals surface area contributed by atoms with Crippen LogP contribution in [0, 0.1) is 0 Å². The highest BCUT2D eigenvalue weighted by molar-refractivity contribution is 5.85. The molecule has 0 radical (unpaired) electrons. The standard InChI is InChI=1S/C16H30N2O5/c1-15(2,3)17-12(19)13(20)18(10-8-11(9-10)22-7)14(21)23-16(4,5)6/h10-11,13,20H,8-9H2,1-7H3,(H,17,19). The monoisotopic (exact) mass is 330 g/mol. The van der Waals surface area contributed by atoms with Crippen molar-refractivity contribution < 1.29 is 24.2 Å². The predicted octanol–water partition coefficient (Wildman–Crippen LogP) is 1.63. The number of nitrogens with one attached hydrogen (secondary N) is 1. The average molecular weight is 330 g/mol. The van der Waals surface area contributed by atoms with Gasteiger partial charge in [0.1, 0.15) is 5.60 Å². The minimum absolute atomic E-state index is 0.0304. The Bertz CT molecular complexity index is 433. The van der Waals surface area contributed by atoms with Gasteiger partial charge in [0.15, 0.2) is 0 Å². The Labute approximate surface area is 138 Å². The van der Waals surface area contributed by atoms with Crippen molar-refractivity contribution in [2.24, 2.45) is 0 Å². The molecule has 0 aromatic rings. The molecule has 23 heavy (non-hydrogen) atoms. The normalized spacial score (nSPS) is 22.8. The summed E-state index contributed by atoms with van der Waals surface area (Å²) in [6.45, 7) is 10.6. The van der Waals surface area contributed by atoms with Crippen molar-refractivity contribution in [3.63, 3.8) is 0 Å². The van der Waals surface area contributed by atoms with Crippen LogP contribution in [-0.2, 0) is 14.3 Å². The van der Waals surface area contributed by atoms with Crippen molar-refractivity contribution in [1.82, 2.24) is 10.2 Å². The molecule has 0 aliphatic heterocycles. The number of rotatable bonds is 4. The number of hydrogen-bond acceptors (Lipinski definition) is 5. The summed E-state index contributed by atoms with van der Waals surface area (Å²) in [4.78, 5) is 25.8. The summed E-state index contributed by atoms with van der Waals surface area (Å²) in [5, 5.41) is 13.1. The van der Waals surface area contributed by atoms with E-state index in [4.69, 9.17) is 9.47 Å². The highest BCUT2D eigenvalue weighted by atomic mass is 16.6. The zero-order chi connectivity index (χ0) is 18.0. The third-order valence-electron chi connectivity index (χ3n) is 3.40. The SMILES string of the molecule is COC1CC(N(C(=O)OC(C)(C)C)C(O)C(=O)NC(C)(C)C)C1. The van der Waals surface area contributed by atoms with Crippen LogP contribution >= 0.6 is 0 Å². The van der Waals surface area contributed by atoms with E-state index in [2.05, 4.69) is 5.32 Å². The molecule has 1 saturated carbocycles. The number of nitrogens with zero attached hydrogens (tertiary/aromatic N) is 1. The topological polar surface area (TPSA) is 88.1 Å². The maximum atomic E-state index is 12.4. The minimum Gasteiger partial charge on any atom is -0.444 e. The average Bonchev–Trinajstić information content (AvgIpc) is 2.27. The second-order valence-electron chi connectivity index (χ2n) is 7.98. The Kier molecular flexibility index (Phi) is 6.04. The van der Waals surface area contributed by atoms with E-state index in [9.17, 15) is 14.7 Å². The second-order valence-corrected chi connectivity index (χ2v) is 7.98. The number of amides is 2. The number of aliphatic hydroxyl groups excluding tert-OH is 1. The van der Waals surface area contributed by atoms with E-state index in [1.807, 2.05) is 0 Å². The summed E-state index contributed by atoms with van der Waals surface area (Å²) < 4.78 is 10.5. The number of ether oxygens (including phenoxy) is 2. The van der Waals surface area contributed by atoms with Crippen LogP contribution in [0.15, 0.2) is 0 Å². The third kappa shape index (κ3) is 5.99. The van der Waals surface area contributed by atoms with E-state index in [0.29, 0.717) is 12.8 Å². The van der Waals surface area contributed by atoms with Gasteiger partial charge >= 0.3 is 6.09 Å². The summed E-state index contributed by atoms with van der Waals surface area (Å²) in [6, 6.07) is -0.282. The molecule has 1 fully saturated rings. The van der Waals surface area contributed by atoms with Crippen LogP contribution in [0.3, 0.4) is 0 Å².